The Kier molecular flexibility index (Phi) is 9.14. The zero-order valence-electron chi connectivity index (χ0n) is 20.9. The number of sulfonamides is 1. The van der Waals surface area contributed by atoms with Gasteiger partial charge in [0.05, 0.1) is 30.0 Å². The number of para-hydroxylation sites is 1. The molecule has 0 spiro atoms. The van der Waals surface area contributed by atoms with Gasteiger partial charge in [-0.25, -0.2) is 27.8 Å². The maximum absolute atomic E-state index is 13.1. The molecule has 0 aliphatic carbocycles. The van der Waals surface area contributed by atoms with Crippen molar-refractivity contribution in [3.63, 3.8) is 0 Å². The largest absolute Gasteiger partial charge is 0.373 e. The maximum atomic E-state index is 13.1. The molecule has 0 radical (unpaired) electrons. The Labute approximate surface area is 217 Å². The first-order chi connectivity index (χ1) is 17.9. The van der Waals surface area contributed by atoms with Crippen LogP contribution in [0, 0.1) is 6.92 Å². The van der Waals surface area contributed by atoms with E-state index < -0.39 is 16.1 Å². The number of amides is 1. The van der Waals surface area contributed by atoms with Gasteiger partial charge in [-0.2, -0.15) is 0 Å². The molecule has 1 N–H and O–H groups in total. The lowest BCUT2D eigenvalue weighted by Crippen LogP contribution is -2.46. The monoisotopic (exact) mass is 527 g/mol. The van der Waals surface area contributed by atoms with E-state index in [1.54, 1.807) is 18.5 Å². The molecule has 1 atom stereocenters. The minimum atomic E-state index is -3.68. The summed E-state index contributed by atoms with van der Waals surface area (Å²) < 4.78 is 33.8. The van der Waals surface area contributed by atoms with E-state index in [4.69, 9.17) is 4.74 Å². The summed E-state index contributed by atoms with van der Waals surface area (Å²) >= 11 is 0. The van der Waals surface area contributed by atoms with Crippen molar-refractivity contribution in [3.8, 4) is 0 Å². The van der Waals surface area contributed by atoms with Crippen LogP contribution in [-0.2, 0) is 32.6 Å². The normalized spacial score (nSPS) is 16.1. The Bertz CT molecular complexity index is 1280. The second-order valence-electron chi connectivity index (χ2n) is 9.32. The number of ether oxygens (including phenoxy) is 1. The molecule has 1 aliphatic rings. The maximum Gasteiger partial charge on any atom is 0.233 e. The van der Waals surface area contributed by atoms with Crippen molar-refractivity contribution in [2.24, 2.45) is 0 Å². The lowest BCUT2D eigenvalue weighted by Gasteiger charge is -2.33. The average molecular weight is 528 g/mol. The topological polar surface area (TPSA) is 126 Å². The van der Waals surface area contributed by atoms with Crippen LogP contribution >= 0.6 is 0 Å². The predicted octanol–water partition coefficient (Wildman–Crippen LogP) is 2.88. The molecule has 3 aromatic rings. The van der Waals surface area contributed by atoms with E-state index in [1.165, 1.54) is 4.31 Å². The van der Waals surface area contributed by atoms with Gasteiger partial charge in [0.1, 0.15) is 5.82 Å². The molecular formula is C26H33N5O5S. The van der Waals surface area contributed by atoms with Gasteiger partial charge < -0.3 is 4.74 Å². The third-order valence-electron chi connectivity index (χ3n) is 6.64. The van der Waals surface area contributed by atoms with Crippen LogP contribution in [0.2, 0.25) is 0 Å². The molecule has 1 aliphatic heterocycles. The van der Waals surface area contributed by atoms with Crippen molar-refractivity contribution in [2.75, 3.05) is 18.8 Å². The number of fused-ring (bicyclic) bond motifs is 1. The molecular weight excluding hydrogens is 494 g/mol. The predicted molar refractivity (Wildman–Crippen MR) is 138 cm³/mol. The van der Waals surface area contributed by atoms with Gasteiger partial charge in [-0.05, 0) is 56.4 Å². The van der Waals surface area contributed by atoms with Gasteiger partial charge >= 0.3 is 0 Å². The van der Waals surface area contributed by atoms with E-state index in [2.05, 4.69) is 15.0 Å². The molecule has 10 nitrogen and oxygen atoms in total. The summed E-state index contributed by atoms with van der Waals surface area (Å²) in [6.07, 6.45) is 6.01. The smallest absolute Gasteiger partial charge is 0.233 e. The summed E-state index contributed by atoms with van der Waals surface area (Å²) in [6, 6.07) is 10.9. The molecule has 198 valence electrons. The molecule has 1 unspecified atom stereocenters. The van der Waals surface area contributed by atoms with Crippen LogP contribution in [0.4, 0.5) is 0 Å². The highest BCUT2D eigenvalue weighted by atomic mass is 32.2. The van der Waals surface area contributed by atoms with Gasteiger partial charge in [0.2, 0.25) is 16.4 Å². The lowest BCUT2D eigenvalue weighted by atomic mass is 10.1. The van der Waals surface area contributed by atoms with Crippen LogP contribution in [0.3, 0.4) is 0 Å². The SMILES string of the molecule is Cc1cc(COC2CCN(S(=O)(=O)CC(CCCc3ncccn3)N(O)C=O)CC2)c2ccccc2n1. The Morgan fingerprint density at radius 1 is 1.19 bits per heavy atom. The number of pyridine rings is 1. The van der Waals surface area contributed by atoms with Crippen LogP contribution in [0.25, 0.3) is 10.9 Å². The summed E-state index contributed by atoms with van der Waals surface area (Å²) in [4.78, 5) is 24.1. The highest BCUT2D eigenvalue weighted by Crippen LogP contribution is 2.23. The first-order valence-electron chi connectivity index (χ1n) is 12.5. The third-order valence-corrected chi connectivity index (χ3v) is 8.60. The first kappa shape index (κ1) is 27.1. The molecule has 2 aromatic heterocycles. The molecule has 1 saturated heterocycles. The average Bonchev–Trinajstić information content (AvgIpc) is 2.91. The minimum absolute atomic E-state index is 0.0512. The van der Waals surface area contributed by atoms with Crippen molar-refractivity contribution in [3.05, 3.63) is 65.9 Å². The number of hydrogen-bond acceptors (Lipinski definition) is 8. The molecule has 1 fully saturated rings. The molecule has 11 heteroatoms. The van der Waals surface area contributed by atoms with Gasteiger partial charge in [0.25, 0.3) is 0 Å². The number of aromatic nitrogens is 3. The minimum Gasteiger partial charge on any atom is -0.373 e. The number of carbonyl (C=O) groups excluding carboxylic acids is 1. The summed E-state index contributed by atoms with van der Waals surface area (Å²) in [5.41, 5.74) is 2.93. The van der Waals surface area contributed by atoms with E-state index in [9.17, 15) is 18.4 Å². The summed E-state index contributed by atoms with van der Waals surface area (Å²) in [7, 11) is -3.68. The van der Waals surface area contributed by atoms with Crippen molar-refractivity contribution in [1.82, 2.24) is 24.3 Å². The van der Waals surface area contributed by atoms with Crippen molar-refractivity contribution in [1.29, 1.82) is 0 Å². The van der Waals surface area contributed by atoms with Crippen molar-refractivity contribution in [2.45, 2.75) is 57.8 Å². The lowest BCUT2D eigenvalue weighted by molar-refractivity contribution is -0.158. The second-order valence-corrected chi connectivity index (χ2v) is 11.3. The highest BCUT2D eigenvalue weighted by molar-refractivity contribution is 7.89. The number of piperidine rings is 1. The summed E-state index contributed by atoms with van der Waals surface area (Å²) in [6.45, 7) is 3.06. The summed E-state index contributed by atoms with van der Waals surface area (Å²) in [5, 5.41) is 11.5. The molecule has 3 heterocycles. The highest BCUT2D eigenvalue weighted by Gasteiger charge is 2.32. The van der Waals surface area contributed by atoms with Crippen molar-refractivity contribution >= 4 is 27.3 Å². The standard InChI is InChI=1S/C26H33N5O5S/c1-20-16-21(24-7-2-3-8-25(24)29-20)17-36-23-10-14-30(15-11-23)37(34,35)18-22(31(33)19-32)6-4-9-26-27-12-5-13-28-26/h2-3,5,7-8,12-13,16,19,22-23,33H,4,6,9-11,14-15,17-18H2,1H3. The zero-order chi connectivity index (χ0) is 26.3. The van der Waals surface area contributed by atoms with E-state index in [-0.39, 0.29) is 18.3 Å². The zero-order valence-corrected chi connectivity index (χ0v) is 21.8. The number of benzene rings is 1. The van der Waals surface area contributed by atoms with Crippen LogP contribution < -0.4 is 0 Å². The number of rotatable bonds is 12. The van der Waals surface area contributed by atoms with E-state index in [1.807, 2.05) is 37.3 Å². The Morgan fingerprint density at radius 3 is 2.65 bits per heavy atom. The van der Waals surface area contributed by atoms with Crippen LogP contribution in [0.1, 0.15) is 42.8 Å². The fourth-order valence-corrected chi connectivity index (χ4v) is 6.46. The fourth-order valence-electron chi connectivity index (χ4n) is 4.68. The van der Waals surface area contributed by atoms with E-state index in [0.29, 0.717) is 62.7 Å². The van der Waals surface area contributed by atoms with Gasteiger partial charge in [-0.3, -0.25) is 15.0 Å². The molecule has 0 saturated carbocycles. The number of nitrogens with zero attached hydrogens (tertiary/aromatic N) is 5. The molecule has 1 amide bonds. The number of hydrogen-bond donors (Lipinski definition) is 1. The fraction of sp³-hybridized carbons (Fsp3) is 0.462. The van der Waals surface area contributed by atoms with Gasteiger partial charge in [-0.15, -0.1) is 0 Å². The van der Waals surface area contributed by atoms with Crippen LogP contribution in [0.15, 0.2) is 48.8 Å². The number of carbonyl (C=O) groups is 1. The summed E-state index contributed by atoms with van der Waals surface area (Å²) in [5.74, 6) is 0.294. The second kappa shape index (κ2) is 12.5. The number of hydroxylamine groups is 2. The Balaban J connectivity index is 1.29. The van der Waals surface area contributed by atoms with Gasteiger partial charge in [0.15, 0.2) is 0 Å². The molecule has 37 heavy (non-hydrogen) atoms. The van der Waals surface area contributed by atoms with Crippen LogP contribution in [0.5, 0.6) is 0 Å². The molecule has 4 rings (SSSR count). The van der Waals surface area contributed by atoms with Gasteiger partial charge in [-0.1, -0.05) is 18.2 Å². The van der Waals surface area contributed by atoms with Crippen LogP contribution in [-0.4, -0.2) is 75.3 Å². The number of aryl methyl sites for hydroxylation is 2. The van der Waals surface area contributed by atoms with E-state index in [0.717, 1.165) is 22.2 Å². The van der Waals surface area contributed by atoms with E-state index >= 15 is 0 Å². The molecule has 1 aromatic carbocycles. The quantitative estimate of drug-likeness (QED) is 0.217. The Morgan fingerprint density at radius 2 is 1.92 bits per heavy atom. The third kappa shape index (κ3) is 7.29. The molecule has 0 bridgehead atoms. The Hall–Kier alpha value is -2.99. The van der Waals surface area contributed by atoms with Crippen molar-refractivity contribution < 1.29 is 23.2 Å². The first-order valence-corrected chi connectivity index (χ1v) is 14.1. The van der Waals surface area contributed by atoms with Gasteiger partial charge in [0, 0.05) is 43.0 Å².